The number of hydrogen-bond donors (Lipinski definition) is 3. The first-order valence-corrected chi connectivity index (χ1v) is 6.61. The Labute approximate surface area is 113 Å². The van der Waals surface area contributed by atoms with Gasteiger partial charge in [-0.1, -0.05) is 20.8 Å². The summed E-state index contributed by atoms with van der Waals surface area (Å²) in [7, 11) is 0. The summed E-state index contributed by atoms with van der Waals surface area (Å²) in [6.07, 6.45) is 0.0960. The van der Waals surface area contributed by atoms with Gasteiger partial charge in [0.25, 0.3) is 5.91 Å². The molecular formula is C13H23N3O3. The van der Waals surface area contributed by atoms with Crippen LogP contribution in [0.5, 0.6) is 0 Å². The van der Waals surface area contributed by atoms with E-state index in [4.69, 9.17) is 4.74 Å². The van der Waals surface area contributed by atoms with Gasteiger partial charge in [0, 0.05) is 18.8 Å². The number of aromatic nitrogens is 2. The summed E-state index contributed by atoms with van der Waals surface area (Å²) >= 11 is 0. The number of aryl methyl sites for hydroxylation is 1. The molecule has 108 valence electrons. The maximum atomic E-state index is 11.7. The number of H-pyrrole nitrogens is 1. The van der Waals surface area contributed by atoms with E-state index in [1.807, 2.05) is 20.8 Å². The van der Waals surface area contributed by atoms with E-state index in [-0.39, 0.29) is 19.1 Å². The number of aromatic amines is 1. The first kappa shape index (κ1) is 15.7. The summed E-state index contributed by atoms with van der Waals surface area (Å²) in [4.78, 5) is 11.7. The Morgan fingerprint density at radius 2 is 2.26 bits per heavy atom. The quantitative estimate of drug-likeness (QED) is 0.649. The van der Waals surface area contributed by atoms with Gasteiger partial charge >= 0.3 is 0 Å². The van der Waals surface area contributed by atoms with Crippen molar-refractivity contribution in [3.63, 3.8) is 0 Å². The minimum absolute atomic E-state index is 0.158. The van der Waals surface area contributed by atoms with Crippen LogP contribution in [0.1, 0.15) is 37.0 Å². The van der Waals surface area contributed by atoms with Crippen molar-refractivity contribution >= 4 is 5.91 Å². The second kappa shape index (κ2) is 7.91. The highest BCUT2D eigenvalue weighted by molar-refractivity contribution is 5.92. The predicted molar refractivity (Wildman–Crippen MR) is 72.0 cm³/mol. The maximum absolute atomic E-state index is 11.7. The average Bonchev–Trinajstić information content (AvgIpc) is 2.84. The van der Waals surface area contributed by atoms with E-state index in [9.17, 15) is 9.90 Å². The summed E-state index contributed by atoms with van der Waals surface area (Å²) < 4.78 is 5.29. The van der Waals surface area contributed by atoms with Gasteiger partial charge in [0.05, 0.1) is 12.7 Å². The molecule has 1 heterocycles. The number of carbonyl (C=O) groups excluding carboxylic acids is 1. The molecule has 1 unspecified atom stereocenters. The van der Waals surface area contributed by atoms with Gasteiger partial charge in [-0.15, -0.1) is 0 Å². The number of carbonyl (C=O) groups is 1. The third kappa shape index (κ3) is 5.85. The molecule has 0 fully saturated rings. The highest BCUT2D eigenvalue weighted by atomic mass is 16.5. The molecule has 0 aliphatic rings. The molecular weight excluding hydrogens is 246 g/mol. The molecule has 1 aromatic rings. The molecule has 1 atom stereocenters. The summed E-state index contributed by atoms with van der Waals surface area (Å²) in [5.41, 5.74) is 1.25. The van der Waals surface area contributed by atoms with Crippen molar-refractivity contribution in [2.45, 2.75) is 33.3 Å². The maximum Gasteiger partial charge on any atom is 0.271 e. The summed E-state index contributed by atoms with van der Waals surface area (Å²) in [6.45, 7) is 7.04. The van der Waals surface area contributed by atoms with Crippen LogP contribution < -0.4 is 5.32 Å². The highest BCUT2D eigenvalue weighted by Crippen LogP contribution is 2.00. The van der Waals surface area contributed by atoms with E-state index >= 15 is 0 Å². The Hall–Kier alpha value is -1.40. The van der Waals surface area contributed by atoms with Gasteiger partial charge in [0.2, 0.25) is 0 Å². The Kier molecular flexibility index (Phi) is 6.52. The molecule has 1 amide bonds. The zero-order chi connectivity index (χ0) is 14.3. The molecule has 6 heteroatoms. The minimum atomic E-state index is -0.702. The van der Waals surface area contributed by atoms with E-state index in [0.717, 1.165) is 12.1 Å². The molecule has 1 rings (SSSR count). The Morgan fingerprint density at radius 3 is 2.84 bits per heavy atom. The van der Waals surface area contributed by atoms with Crippen molar-refractivity contribution in [1.29, 1.82) is 0 Å². The third-order valence-corrected chi connectivity index (χ3v) is 2.50. The monoisotopic (exact) mass is 269 g/mol. The first-order valence-electron chi connectivity index (χ1n) is 6.61. The van der Waals surface area contributed by atoms with Crippen molar-refractivity contribution in [1.82, 2.24) is 15.5 Å². The Balaban J connectivity index is 2.25. The van der Waals surface area contributed by atoms with E-state index in [1.54, 1.807) is 6.07 Å². The molecule has 0 spiro atoms. The van der Waals surface area contributed by atoms with Gasteiger partial charge in [0.15, 0.2) is 0 Å². The first-order chi connectivity index (χ1) is 9.02. The molecule has 0 saturated heterocycles. The van der Waals surface area contributed by atoms with Crippen LogP contribution in [0.15, 0.2) is 6.07 Å². The van der Waals surface area contributed by atoms with Gasteiger partial charge in [0.1, 0.15) is 5.69 Å². The molecule has 0 bridgehead atoms. The van der Waals surface area contributed by atoms with Crippen molar-refractivity contribution in [3.8, 4) is 0 Å². The minimum Gasteiger partial charge on any atom is -0.389 e. The molecule has 6 nitrogen and oxygen atoms in total. The van der Waals surface area contributed by atoms with Crippen LogP contribution in [-0.4, -0.2) is 47.1 Å². The van der Waals surface area contributed by atoms with Crippen LogP contribution in [0.4, 0.5) is 0 Å². The normalized spacial score (nSPS) is 12.7. The third-order valence-electron chi connectivity index (χ3n) is 2.50. The molecule has 0 aromatic carbocycles. The fourth-order valence-electron chi connectivity index (χ4n) is 1.46. The lowest BCUT2D eigenvalue weighted by molar-refractivity contribution is 0.0259. The standard InChI is InChI=1S/C13H23N3O3/c1-4-10-5-12(16-15-10)13(18)14-6-11(17)8-19-7-9(2)3/h5,9,11,17H,4,6-8H2,1-3H3,(H,14,18)(H,15,16). The molecule has 0 saturated carbocycles. The van der Waals surface area contributed by atoms with Gasteiger partial charge in [-0.05, 0) is 18.4 Å². The van der Waals surface area contributed by atoms with Crippen molar-refractivity contribution in [2.24, 2.45) is 5.92 Å². The number of ether oxygens (including phenoxy) is 1. The molecule has 0 aliphatic heterocycles. The number of hydrogen-bond acceptors (Lipinski definition) is 4. The van der Waals surface area contributed by atoms with Gasteiger partial charge < -0.3 is 15.2 Å². The zero-order valence-electron chi connectivity index (χ0n) is 11.8. The van der Waals surface area contributed by atoms with Crippen molar-refractivity contribution in [2.75, 3.05) is 19.8 Å². The van der Waals surface area contributed by atoms with Crippen molar-refractivity contribution < 1.29 is 14.6 Å². The molecule has 0 aliphatic carbocycles. The van der Waals surface area contributed by atoms with Gasteiger partial charge in [-0.2, -0.15) is 5.10 Å². The fourth-order valence-corrected chi connectivity index (χ4v) is 1.46. The van der Waals surface area contributed by atoms with Crippen LogP contribution in [0.2, 0.25) is 0 Å². The van der Waals surface area contributed by atoms with Gasteiger partial charge in [-0.25, -0.2) is 0 Å². The van der Waals surface area contributed by atoms with Crippen LogP contribution in [-0.2, 0) is 11.2 Å². The fraction of sp³-hybridized carbons (Fsp3) is 0.692. The SMILES string of the molecule is CCc1cc(C(=O)NCC(O)COCC(C)C)n[nH]1. The largest absolute Gasteiger partial charge is 0.389 e. The van der Waals surface area contributed by atoms with E-state index in [1.165, 1.54) is 0 Å². The van der Waals surface area contributed by atoms with Crippen LogP contribution in [0.3, 0.4) is 0 Å². The van der Waals surface area contributed by atoms with Crippen LogP contribution in [0.25, 0.3) is 0 Å². The summed E-state index contributed by atoms with van der Waals surface area (Å²) in [5, 5.41) is 18.9. The zero-order valence-corrected chi connectivity index (χ0v) is 11.8. The lowest BCUT2D eigenvalue weighted by atomic mass is 10.2. The molecule has 1 aromatic heterocycles. The van der Waals surface area contributed by atoms with Crippen LogP contribution in [0, 0.1) is 5.92 Å². The summed E-state index contributed by atoms with van der Waals surface area (Å²) in [5.74, 6) is 0.136. The lowest BCUT2D eigenvalue weighted by Gasteiger charge is -2.12. The number of nitrogens with zero attached hydrogens (tertiary/aromatic N) is 1. The molecule has 0 radical (unpaired) electrons. The second-order valence-corrected chi connectivity index (χ2v) is 4.93. The topological polar surface area (TPSA) is 87.2 Å². The number of nitrogens with one attached hydrogen (secondary N) is 2. The smallest absolute Gasteiger partial charge is 0.271 e. The predicted octanol–water partition coefficient (Wildman–Crippen LogP) is 0.735. The summed E-state index contributed by atoms with van der Waals surface area (Å²) in [6, 6.07) is 1.71. The Morgan fingerprint density at radius 1 is 1.53 bits per heavy atom. The lowest BCUT2D eigenvalue weighted by Crippen LogP contribution is -2.35. The van der Waals surface area contributed by atoms with E-state index < -0.39 is 6.10 Å². The highest BCUT2D eigenvalue weighted by Gasteiger charge is 2.12. The van der Waals surface area contributed by atoms with E-state index in [0.29, 0.717) is 18.2 Å². The molecule has 19 heavy (non-hydrogen) atoms. The average molecular weight is 269 g/mol. The number of aliphatic hydroxyl groups is 1. The number of rotatable bonds is 8. The van der Waals surface area contributed by atoms with Crippen LogP contribution >= 0.6 is 0 Å². The van der Waals surface area contributed by atoms with Gasteiger partial charge in [-0.3, -0.25) is 9.89 Å². The number of aliphatic hydroxyl groups excluding tert-OH is 1. The Bertz CT molecular complexity index is 390. The molecule has 3 N–H and O–H groups in total. The van der Waals surface area contributed by atoms with E-state index in [2.05, 4.69) is 15.5 Å². The van der Waals surface area contributed by atoms with Crippen molar-refractivity contribution in [3.05, 3.63) is 17.5 Å². The number of amides is 1. The second-order valence-electron chi connectivity index (χ2n) is 4.93.